The molecule has 1 aliphatic rings. The van der Waals surface area contributed by atoms with E-state index in [2.05, 4.69) is 53.3 Å². The van der Waals surface area contributed by atoms with Crippen molar-refractivity contribution in [1.29, 1.82) is 0 Å². The van der Waals surface area contributed by atoms with Crippen molar-refractivity contribution in [2.45, 2.75) is 24.3 Å². The molecule has 0 aliphatic carbocycles. The van der Waals surface area contributed by atoms with Gasteiger partial charge in [0.25, 0.3) is 0 Å². The Balaban J connectivity index is 2.44. The van der Waals surface area contributed by atoms with Gasteiger partial charge in [-0.25, -0.2) is 0 Å². The van der Waals surface area contributed by atoms with Crippen molar-refractivity contribution < 1.29 is 0 Å². The zero-order valence-corrected chi connectivity index (χ0v) is 10.1. The molecule has 0 radical (unpaired) electrons. The molecule has 13 heavy (non-hydrogen) atoms. The highest BCUT2D eigenvalue weighted by Gasteiger charge is 2.25. The van der Waals surface area contributed by atoms with Gasteiger partial charge >= 0.3 is 0 Å². The maximum absolute atomic E-state index is 3.56. The predicted molar refractivity (Wildman–Crippen MR) is 62.6 cm³/mol. The third-order valence-electron chi connectivity index (χ3n) is 2.03. The topological polar surface area (TPSA) is 12.0 Å². The maximum atomic E-state index is 3.56. The molecule has 0 bridgehead atoms. The number of hydrogen-bond acceptors (Lipinski definition) is 2. The van der Waals surface area contributed by atoms with Crippen LogP contribution in [-0.2, 0) is 0 Å². The largest absolute Gasteiger partial charge is 0.378 e. The molecule has 1 aromatic rings. The number of halogens is 1. The van der Waals surface area contributed by atoms with E-state index in [9.17, 15) is 0 Å². The fourth-order valence-electron chi connectivity index (χ4n) is 1.38. The molecule has 1 aliphatic heterocycles. The maximum Gasteiger partial charge on any atom is 0.0627 e. The summed E-state index contributed by atoms with van der Waals surface area (Å²) in [6.07, 6.45) is 0. The van der Waals surface area contributed by atoms with Gasteiger partial charge in [0, 0.05) is 20.7 Å². The summed E-state index contributed by atoms with van der Waals surface area (Å²) in [6.45, 7) is 4.45. The molecule has 0 spiro atoms. The van der Waals surface area contributed by atoms with Crippen molar-refractivity contribution in [2.75, 3.05) is 11.1 Å². The van der Waals surface area contributed by atoms with E-state index < -0.39 is 0 Å². The van der Waals surface area contributed by atoms with Crippen molar-refractivity contribution >= 4 is 33.4 Å². The summed E-state index contributed by atoms with van der Waals surface area (Å²) >= 11 is 5.48. The molecule has 0 aromatic heterocycles. The summed E-state index contributed by atoms with van der Waals surface area (Å²) in [7, 11) is 0. The highest BCUT2D eigenvalue weighted by atomic mass is 79.9. The van der Waals surface area contributed by atoms with E-state index in [-0.39, 0.29) is 5.54 Å². The normalized spacial score (nSPS) is 19.0. The van der Waals surface area contributed by atoms with Gasteiger partial charge in [0.05, 0.1) is 5.69 Å². The highest BCUT2D eigenvalue weighted by molar-refractivity contribution is 9.10. The van der Waals surface area contributed by atoms with Crippen LogP contribution in [0.2, 0.25) is 0 Å². The van der Waals surface area contributed by atoms with E-state index in [1.54, 1.807) is 0 Å². The van der Waals surface area contributed by atoms with E-state index in [1.165, 1.54) is 10.6 Å². The van der Waals surface area contributed by atoms with Crippen LogP contribution >= 0.6 is 27.7 Å². The molecule has 0 fully saturated rings. The Labute approximate surface area is 91.4 Å². The SMILES string of the molecule is CC1(C)CSc2cccc(Br)c2N1. The van der Waals surface area contributed by atoms with Gasteiger partial charge in [-0.3, -0.25) is 0 Å². The van der Waals surface area contributed by atoms with Crippen molar-refractivity contribution in [3.63, 3.8) is 0 Å². The van der Waals surface area contributed by atoms with Crippen molar-refractivity contribution in [3.05, 3.63) is 22.7 Å². The molecule has 70 valence electrons. The van der Waals surface area contributed by atoms with Crippen LogP contribution in [0.5, 0.6) is 0 Å². The van der Waals surface area contributed by atoms with E-state index in [1.807, 2.05) is 11.8 Å². The standard InChI is InChI=1S/C10H12BrNS/c1-10(2)6-13-8-5-3-4-7(11)9(8)12-10/h3-5,12H,6H2,1-2H3. The number of thioether (sulfide) groups is 1. The molecule has 0 atom stereocenters. The number of fused-ring (bicyclic) bond motifs is 1. The van der Waals surface area contributed by atoms with Crippen LogP contribution < -0.4 is 5.32 Å². The molecule has 0 amide bonds. The first-order chi connectivity index (χ1) is 6.08. The van der Waals surface area contributed by atoms with Gasteiger partial charge < -0.3 is 5.32 Å². The molecule has 3 heteroatoms. The molecule has 2 rings (SSSR count). The Morgan fingerprint density at radius 2 is 2.23 bits per heavy atom. The number of nitrogens with one attached hydrogen (secondary N) is 1. The van der Waals surface area contributed by atoms with E-state index >= 15 is 0 Å². The molecule has 1 nitrogen and oxygen atoms in total. The van der Waals surface area contributed by atoms with E-state index in [4.69, 9.17) is 0 Å². The van der Waals surface area contributed by atoms with Gasteiger partial charge in [0.1, 0.15) is 0 Å². The van der Waals surface area contributed by atoms with Crippen molar-refractivity contribution in [1.82, 2.24) is 0 Å². The molecule has 1 N–H and O–H groups in total. The van der Waals surface area contributed by atoms with E-state index in [0.717, 1.165) is 10.2 Å². The number of rotatable bonds is 0. The van der Waals surface area contributed by atoms with Crippen molar-refractivity contribution in [2.24, 2.45) is 0 Å². The highest BCUT2D eigenvalue weighted by Crippen LogP contribution is 2.40. The predicted octanol–water partition coefficient (Wildman–Crippen LogP) is 3.75. The summed E-state index contributed by atoms with van der Waals surface area (Å²) in [6, 6.07) is 6.32. The Hall–Kier alpha value is -0.150. The number of benzene rings is 1. The lowest BCUT2D eigenvalue weighted by atomic mass is 10.1. The molecule has 0 saturated carbocycles. The minimum Gasteiger partial charge on any atom is -0.378 e. The Kier molecular flexibility index (Phi) is 2.32. The molecule has 1 heterocycles. The fraction of sp³-hybridized carbons (Fsp3) is 0.400. The van der Waals surface area contributed by atoms with Crippen LogP contribution in [0.3, 0.4) is 0 Å². The lowest BCUT2D eigenvalue weighted by molar-refractivity contribution is 0.636. The second kappa shape index (κ2) is 3.21. The Bertz CT molecular complexity index is 336. The minimum atomic E-state index is 0.196. The fourth-order valence-corrected chi connectivity index (χ4v) is 3.04. The average molecular weight is 258 g/mol. The second-order valence-corrected chi connectivity index (χ2v) is 5.78. The van der Waals surface area contributed by atoms with Crippen LogP contribution in [0.1, 0.15) is 13.8 Å². The summed E-state index contributed by atoms with van der Waals surface area (Å²) in [5.41, 5.74) is 1.44. The third kappa shape index (κ3) is 1.86. The molecule has 0 unspecified atom stereocenters. The zero-order valence-electron chi connectivity index (χ0n) is 7.73. The Morgan fingerprint density at radius 3 is 3.00 bits per heavy atom. The zero-order chi connectivity index (χ0) is 9.47. The summed E-state index contributed by atoms with van der Waals surface area (Å²) in [4.78, 5) is 1.34. The molecular weight excluding hydrogens is 246 g/mol. The Morgan fingerprint density at radius 1 is 1.46 bits per heavy atom. The molecular formula is C10H12BrNS. The first kappa shape index (κ1) is 9.41. The van der Waals surface area contributed by atoms with Gasteiger partial charge in [-0.15, -0.1) is 11.8 Å². The summed E-state index contributed by atoms with van der Waals surface area (Å²) in [5.74, 6) is 1.12. The monoisotopic (exact) mass is 257 g/mol. The van der Waals surface area contributed by atoms with Crippen LogP contribution in [-0.4, -0.2) is 11.3 Å². The lowest BCUT2D eigenvalue weighted by Gasteiger charge is -2.33. The van der Waals surface area contributed by atoms with Gasteiger partial charge in [-0.2, -0.15) is 0 Å². The van der Waals surface area contributed by atoms with Crippen LogP contribution in [0.25, 0.3) is 0 Å². The van der Waals surface area contributed by atoms with E-state index in [0.29, 0.717) is 0 Å². The lowest BCUT2D eigenvalue weighted by Crippen LogP contribution is -2.36. The summed E-state index contributed by atoms with van der Waals surface area (Å²) in [5, 5.41) is 3.54. The van der Waals surface area contributed by atoms with Crippen LogP contribution in [0.15, 0.2) is 27.6 Å². The van der Waals surface area contributed by atoms with Gasteiger partial charge in [0.15, 0.2) is 0 Å². The molecule has 0 saturated heterocycles. The number of para-hydroxylation sites is 1. The van der Waals surface area contributed by atoms with Gasteiger partial charge in [-0.05, 0) is 41.9 Å². The number of hydrogen-bond donors (Lipinski definition) is 1. The van der Waals surface area contributed by atoms with Gasteiger partial charge in [0.2, 0.25) is 0 Å². The molecule has 1 aromatic carbocycles. The first-order valence-corrected chi connectivity index (χ1v) is 6.06. The number of anilines is 1. The van der Waals surface area contributed by atoms with Crippen LogP contribution in [0, 0.1) is 0 Å². The quantitative estimate of drug-likeness (QED) is 0.760. The van der Waals surface area contributed by atoms with Gasteiger partial charge in [-0.1, -0.05) is 6.07 Å². The average Bonchev–Trinajstić information content (AvgIpc) is 2.06. The third-order valence-corrected chi connectivity index (χ3v) is 4.21. The summed E-state index contributed by atoms with van der Waals surface area (Å²) < 4.78 is 1.16. The second-order valence-electron chi connectivity index (χ2n) is 3.91. The van der Waals surface area contributed by atoms with Crippen molar-refractivity contribution in [3.8, 4) is 0 Å². The first-order valence-electron chi connectivity index (χ1n) is 4.28. The van der Waals surface area contributed by atoms with Crippen LogP contribution in [0.4, 0.5) is 5.69 Å². The smallest absolute Gasteiger partial charge is 0.0627 e. The minimum absolute atomic E-state index is 0.196.